The van der Waals surface area contributed by atoms with E-state index in [-0.39, 0.29) is 17.0 Å². The highest BCUT2D eigenvalue weighted by Crippen LogP contribution is 2.20. The predicted molar refractivity (Wildman–Crippen MR) is 105 cm³/mol. The average molecular weight is 455 g/mol. The average Bonchev–Trinajstić information content (AvgIpc) is 2.63. The molecule has 1 amide bonds. The van der Waals surface area contributed by atoms with Gasteiger partial charge in [-0.2, -0.15) is 0 Å². The number of carbonyl (C=O) groups is 2. The van der Waals surface area contributed by atoms with Crippen molar-refractivity contribution in [3.8, 4) is 0 Å². The van der Waals surface area contributed by atoms with Crippen molar-refractivity contribution in [2.45, 2.75) is 18.7 Å². The minimum atomic E-state index is -3.69. The van der Waals surface area contributed by atoms with Gasteiger partial charge in [0.15, 0.2) is 6.61 Å². The first-order valence-corrected chi connectivity index (χ1v) is 10.3. The Morgan fingerprint density at radius 3 is 2.56 bits per heavy atom. The van der Waals surface area contributed by atoms with E-state index in [0.717, 1.165) is 10.0 Å². The molecule has 0 spiro atoms. The van der Waals surface area contributed by atoms with E-state index in [1.807, 2.05) is 6.92 Å². The van der Waals surface area contributed by atoms with Crippen molar-refractivity contribution in [3.63, 3.8) is 0 Å². The quantitative estimate of drug-likeness (QED) is 0.626. The number of esters is 1. The number of hydrogen-bond donors (Lipinski definition) is 2. The van der Waals surface area contributed by atoms with E-state index in [1.165, 1.54) is 24.3 Å². The standard InChI is InChI=1S/C18H19BrN2O5S/c1-3-20-27(24,25)15-6-4-5-13(10-15)18(23)26-11-17(22)21-14-7-8-16(19)12(2)9-14/h4-10,20H,3,11H2,1-2H3,(H,21,22). The number of amides is 1. The number of nitrogens with one attached hydrogen (secondary N) is 2. The SMILES string of the molecule is CCNS(=O)(=O)c1cccc(C(=O)OCC(=O)Nc2ccc(Br)c(C)c2)c1. The first-order valence-electron chi connectivity index (χ1n) is 8.06. The van der Waals surface area contributed by atoms with E-state index in [4.69, 9.17) is 4.74 Å². The summed E-state index contributed by atoms with van der Waals surface area (Å²) in [7, 11) is -3.69. The Balaban J connectivity index is 1.99. The summed E-state index contributed by atoms with van der Waals surface area (Å²) >= 11 is 3.37. The number of ether oxygens (including phenoxy) is 1. The zero-order valence-electron chi connectivity index (χ0n) is 14.8. The summed E-state index contributed by atoms with van der Waals surface area (Å²) in [4.78, 5) is 24.0. The third-order valence-corrected chi connectivity index (χ3v) is 5.92. The van der Waals surface area contributed by atoms with Gasteiger partial charge >= 0.3 is 5.97 Å². The molecule has 0 aliphatic heterocycles. The third-order valence-electron chi connectivity index (χ3n) is 3.49. The molecule has 0 saturated heterocycles. The van der Waals surface area contributed by atoms with Crippen molar-refractivity contribution in [1.29, 1.82) is 0 Å². The first-order chi connectivity index (χ1) is 12.7. The number of sulfonamides is 1. The summed E-state index contributed by atoms with van der Waals surface area (Å²) in [6.45, 7) is 3.28. The number of aryl methyl sites for hydroxylation is 1. The smallest absolute Gasteiger partial charge is 0.338 e. The first kappa shape index (κ1) is 21.1. The molecule has 0 saturated carbocycles. The van der Waals surface area contributed by atoms with Crippen LogP contribution in [0, 0.1) is 6.92 Å². The van der Waals surface area contributed by atoms with Crippen molar-refractivity contribution in [2.24, 2.45) is 0 Å². The van der Waals surface area contributed by atoms with Crippen molar-refractivity contribution >= 4 is 43.5 Å². The van der Waals surface area contributed by atoms with E-state index >= 15 is 0 Å². The summed E-state index contributed by atoms with van der Waals surface area (Å²) in [5.74, 6) is -1.29. The van der Waals surface area contributed by atoms with E-state index in [1.54, 1.807) is 25.1 Å². The normalized spacial score (nSPS) is 11.1. The lowest BCUT2D eigenvalue weighted by atomic mass is 10.2. The second kappa shape index (κ2) is 9.12. The van der Waals surface area contributed by atoms with Crippen LogP contribution < -0.4 is 10.0 Å². The van der Waals surface area contributed by atoms with Gasteiger partial charge in [-0.15, -0.1) is 0 Å². The van der Waals surface area contributed by atoms with Crippen LogP contribution in [0.25, 0.3) is 0 Å². The van der Waals surface area contributed by atoms with Gasteiger partial charge in [0.1, 0.15) is 0 Å². The Bertz CT molecular complexity index is 960. The molecular weight excluding hydrogens is 436 g/mol. The molecule has 0 unspecified atom stereocenters. The van der Waals surface area contributed by atoms with Crippen LogP contribution in [-0.2, 0) is 19.6 Å². The lowest BCUT2D eigenvalue weighted by molar-refractivity contribution is -0.119. The van der Waals surface area contributed by atoms with Crippen LogP contribution in [-0.4, -0.2) is 33.4 Å². The number of hydrogen-bond acceptors (Lipinski definition) is 5. The number of halogens is 1. The molecule has 2 aromatic carbocycles. The van der Waals surface area contributed by atoms with Gasteiger partial charge in [-0.3, -0.25) is 4.79 Å². The van der Waals surface area contributed by atoms with E-state index in [2.05, 4.69) is 26.0 Å². The van der Waals surface area contributed by atoms with Crippen LogP contribution in [0.4, 0.5) is 5.69 Å². The summed E-state index contributed by atoms with van der Waals surface area (Å²) in [6, 6.07) is 10.7. The Kier molecular flexibility index (Phi) is 7.11. The van der Waals surface area contributed by atoms with E-state index in [9.17, 15) is 18.0 Å². The lowest BCUT2D eigenvalue weighted by Gasteiger charge is -2.09. The molecule has 2 rings (SSSR count). The summed E-state index contributed by atoms with van der Waals surface area (Å²) < 4.78 is 32.2. The predicted octanol–water partition coefficient (Wildman–Crippen LogP) is 2.85. The Hall–Kier alpha value is -2.23. The molecule has 0 aliphatic carbocycles. The summed E-state index contributed by atoms with van der Waals surface area (Å²) in [5.41, 5.74) is 1.57. The van der Waals surface area contributed by atoms with Crippen molar-refractivity contribution in [3.05, 3.63) is 58.1 Å². The molecular formula is C18H19BrN2O5S. The van der Waals surface area contributed by atoms with Gasteiger partial charge < -0.3 is 10.1 Å². The van der Waals surface area contributed by atoms with Gasteiger partial charge in [-0.25, -0.2) is 17.9 Å². The maximum atomic E-state index is 12.1. The molecule has 0 fully saturated rings. The largest absolute Gasteiger partial charge is 0.452 e. The highest BCUT2D eigenvalue weighted by Gasteiger charge is 2.16. The molecule has 9 heteroatoms. The van der Waals surface area contributed by atoms with Gasteiger partial charge in [0.05, 0.1) is 10.5 Å². The number of rotatable bonds is 7. The molecule has 0 radical (unpaired) electrons. The van der Waals surface area contributed by atoms with Crippen molar-refractivity contribution < 1.29 is 22.7 Å². The zero-order valence-corrected chi connectivity index (χ0v) is 17.2. The van der Waals surface area contributed by atoms with E-state index in [0.29, 0.717) is 5.69 Å². The molecule has 144 valence electrons. The van der Waals surface area contributed by atoms with Crippen LogP contribution in [0.1, 0.15) is 22.8 Å². The highest BCUT2D eigenvalue weighted by molar-refractivity contribution is 9.10. The molecule has 0 aliphatic rings. The monoisotopic (exact) mass is 454 g/mol. The van der Waals surface area contributed by atoms with E-state index < -0.39 is 28.5 Å². The Morgan fingerprint density at radius 2 is 1.89 bits per heavy atom. The number of carbonyl (C=O) groups excluding carboxylic acids is 2. The molecule has 0 bridgehead atoms. The van der Waals surface area contributed by atoms with Crippen LogP contribution in [0.15, 0.2) is 51.8 Å². The second-order valence-corrected chi connectivity index (χ2v) is 8.24. The van der Waals surface area contributed by atoms with Crippen LogP contribution in [0.5, 0.6) is 0 Å². The fraction of sp³-hybridized carbons (Fsp3) is 0.222. The van der Waals surface area contributed by atoms with Crippen LogP contribution in [0.3, 0.4) is 0 Å². The maximum Gasteiger partial charge on any atom is 0.338 e. The third kappa shape index (κ3) is 5.88. The number of anilines is 1. The molecule has 7 nitrogen and oxygen atoms in total. The highest BCUT2D eigenvalue weighted by atomic mass is 79.9. The van der Waals surface area contributed by atoms with Gasteiger partial charge in [-0.1, -0.05) is 28.9 Å². The van der Waals surface area contributed by atoms with Crippen molar-refractivity contribution in [1.82, 2.24) is 4.72 Å². The fourth-order valence-corrected chi connectivity index (χ4v) is 3.53. The van der Waals surface area contributed by atoms with Crippen LogP contribution in [0.2, 0.25) is 0 Å². The molecule has 2 aromatic rings. The zero-order chi connectivity index (χ0) is 20.0. The molecule has 0 aromatic heterocycles. The number of benzene rings is 2. The molecule has 27 heavy (non-hydrogen) atoms. The van der Waals surface area contributed by atoms with Gasteiger partial charge in [0, 0.05) is 16.7 Å². The molecule has 0 atom stereocenters. The molecule has 0 heterocycles. The Morgan fingerprint density at radius 1 is 1.15 bits per heavy atom. The summed E-state index contributed by atoms with van der Waals surface area (Å²) in [5, 5.41) is 2.63. The fourth-order valence-electron chi connectivity index (χ4n) is 2.20. The Labute approximate surface area is 166 Å². The van der Waals surface area contributed by atoms with Crippen LogP contribution >= 0.6 is 15.9 Å². The topological polar surface area (TPSA) is 102 Å². The maximum absolute atomic E-state index is 12.1. The second-order valence-electron chi connectivity index (χ2n) is 5.62. The van der Waals surface area contributed by atoms with Gasteiger partial charge in [0.2, 0.25) is 10.0 Å². The lowest BCUT2D eigenvalue weighted by Crippen LogP contribution is -2.24. The van der Waals surface area contributed by atoms with Crippen molar-refractivity contribution in [2.75, 3.05) is 18.5 Å². The minimum Gasteiger partial charge on any atom is -0.452 e. The van der Waals surface area contributed by atoms with Gasteiger partial charge in [-0.05, 0) is 48.9 Å². The van der Waals surface area contributed by atoms with Gasteiger partial charge in [0.25, 0.3) is 5.91 Å². The summed E-state index contributed by atoms with van der Waals surface area (Å²) in [6.07, 6.45) is 0. The minimum absolute atomic E-state index is 0.0428. The molecule has 2 N–H and O–H groups in total.